The summed E-state index contributed by atoms with van der Waals surface area (Å²) in [4.78, 5) is 38.2. The third-order valence-corrected chi connectivity index (χ3v) is 6.68. The van der Waals surface area contributed by atoms with Crippen molar-refractivity contribution >= 4 is 61.7 Å². The highest BCUT2D eigenvalue weighted by molar-refractivity contribution is 9.10. The molecule has 1 heterocycles. The van der Waals surface area contributed by atoms with Crippen LogP contribution in [-0.2, 0) is 16.1 Å². The fourth-order valence-electron chi connectivity index (χ4n) is 3.56. The second kappa shape index (κ2) is 10.3. The van der Waals surface area contributed by atoms with Gasteiger partial charge in [-0.15, -0.1) is 0 Å². The highest BCUT2D eigenvalue weighted by atomic mass is 79.9. The van der Waals surface area contributed by atoms with E-state index in [1.165, 1.54) is 4.90 Å². The number of imide groups is 1. The smallest absolute Gasteiger partial charge is 0.341 e. The normalized spacial score (nSPS) is 14.8. The molecule has 0 unspecified atom stereocenters. The zero-order valence-electron chi connectivity index (χ0n) is 18.1. The number of carboxylic acid groups (broad SMARTS) is 1. The lowest BCUT2D eigenvalue weighted by Crippen LogP contribution is -2.27. The quantitative estimate of drug-likeness (QED) is 0.365. The largest absolute Gasteiger partial charge is 0.490 e. The van der Waals surface area contributed by atoms with E-state index in [-0.39, 0.29) is 28.3 Å². The monoisotopic (exact) mass is 541 g/mol. The van der Waals surface area contributed by atoms with E-state index in [9.17, 15) is 14.4 Å². The number of carbonyl (C=O) groups excluding carboxylic acids is 2. The van der Waals surface area contributed by atoms with E-state index >= 15 is 0 Å². The number of nitrogens with zero attached hydrogens (tertiary/aromatic N) is 1. The molecular weight excluding hydrogens is 522 g/mol. The van der Waals surface area contributed by atoms with Crippen LogP contribution in [0.1, 0.15) is 18.1 Å². The zero-order valence-corrected chi connectivity index (χ0v) is 20.5. The second-order valence-electron chi connectivity index (χ2n) is 7.34. The van der Waals surface area contributed by atoms with Crippen LogP contribution in [0.15, 0.2) is 64.0 Å². The number of hydrogen-bond donors (Lipinski definition) is 1. The second-order valence-corrected chi connectivity index (χ2v) is 9.19. The van der Waals surface area contributed by atoms with Crippen molar-refractivity contribution in [2.45, 2.75) is 13.5 Å². The van der Waals surface area contributed by atoms with Crippen LogP contribution in [0.2, 0.25) is 0 Å². The molecule has 1 N–H and O–H groups in total. The van der Waals surface area contributed by atoms with Gasteiger partial charge in [-0.2, -0.15) is 0 Å². The molecular formula is C25H20BrNO6S. The molecule has 1 fully saturated rings. The van der Waals surface area contributed by atoms with Gasteiger partial charge in [0.05, 0.1) is 18.1 Å². The van der Waals surface area contributed by atoms with Gasteiger partial charge in [0.25, 0.3) is 11.1 Å². The van der Waals surface area contributed by atoms with Crippen molar-refractivity contribution in [3.63, 3.8) is 0 Å². The highest BCUT2D eigenvalue weighted by Gasteiger charge is 2.35. The van der Waals surface area contributed by atoms with E-state index in [2.05, 4.69) is 15.9 Å². The number of halogens is 1. The summed E-state index contributed by atoms with van der Waals surface area (Å²) in [5, 5.41) is 10.6. The average Bonchev–Trinajstić information content (AvgIpc) is 3.07. The number of rotatable bonds is 8. The van der Waals surface area contributed by atoms with Crippen LogP contribution in [0.25, 0.3) is 16.8 Å². The maximum Gasteiger partial charge on any atom is 0.341 e. The van der Waals surface area contributed by atoms with Crippen molar-refractivity contribution in [1.29, 1.82) is 0 Å². The Labute approximate surface area is 208 Å². The summed E-state index contributed by atoms with van der Waals surface area (Å²) in [7, 11) is 0. The van der Waals surface area contributed by atoms with E-state index in [0.717, 1.165) is 28.1 Å². The molecule has 174 valence electrons. The Balaban J connectivity index is 1.61. The van der Waals surface area contributed by atoms with Gasteiger partial charge in [0.1, 0.15) is 0 Å². The van der Waals surface area contributed by atoms with Gasteiger partial charge < -0.3 is 14.6 Å². The molecule has 0 saturated carbocycles. The third-order valence-electron chi connectivity index (χ3n) is 5.08. The maximum absolute atomic E-state index is 13.1. The number of aliphatic carboxylic acids is 1. The lowest BCUT2D eigenvalue weighted by Gasteiger charge is -2.14. The van der Waals surface area contributed by atoms with Crippen molar-refractivity contribution in [3.8, 4) is 11.5 Å². The van der Waals surface area contributed by atoms with Crippen LogP contribution < -0.4 is 9.47 Å². The van der Waals surface area contributed by atoms with Gasteiger partial charge in [-0.3, -0.25) is 14.5 Å². The standard InChI is InChI=1S/C25H20BrNO6S/c1-2-32-20-10-17(19(26)12-21(20)33-14-23(28)29)11-22-24(30)27(25(31)34-22)13-16-8-5-7-15-6-3-4-9-18(15)16/h3-12H,2,13-14H2,1H3,(H,28,29)/b22-11+. The number of carboxylic acids is 1. The first-order valence-electron chi connectivity index (χ1n) is 10.4. The van der Waals surface area contributed by atoms with Crippen molar-refractivity contribution in [3.05, 3.63) is 75.1 Å². The van der Waals surface area contributed by atoms with Gasteiger partial charge in [0.15, 0.2) is 18.1 Å². The summed E-state index contributed by atoms with van der Waals surface area (Å²) < 4.78 is 11.5. The molecule has 4 rings (SSSR count). The number of carbonyl (C=O) groups is 3. The highest BCUT2D eigenvalue weighted by Crippen LogP contribution is 2.39. The van der Waals surface area contributed by atoms with Crippen molar-refractivity contribution in [2.24, 2.45) is 0 Å². The van der Waals surface area contributed by atoms with E-state index in [0.29, 0.717) is 22.4 Å². The van der Waals surface area contributed by atoms with E-state index in [1.807, 2.05) is 42.5 Å². The molecule has 3 aromatic carbocycles. The number of amides is 2. The first-order valence-corrected chi connectivity index (χ1v) is 12.0. The molecule has 0 aliphatic carbocycles. The Bertz CT molecular complexity index is 1320. The Morgan fingerprint density at radius 3 is 2.59 bits per heavy atom. The minimum Gasteiger partial charge on any atom is -0.490 e. The Hall–Kier alpha value is -3.30. The van der Waals surface area contributed by atoms with Crippen LogP contribution in [0, 0.1) is 0 Å². The van der Waals surface area contributed by atoms with Gasteiger partial charge >= 0.3 is 5.97 Å². The van der Waals surface area contributed by atoms with Crippen LogP contribution >= 0.6 is 27.7 Å². The summed E-state index contributed by atoms with van der Waals surface area (Å²) in [6.07, 6.45) is 1.61. The van der Waals surface area contributed by atoms with Gasteiger partial charge in [-0.25, -0.2) is 4.79 Å². The van der Waals surface area contributed by atoms with Crippen molar-refractivity contribution in [2.75, 3.05) is 13.2 Å². The van der Waals surface area contributed by atoms with E-state index in [4.69, 9.17) is 14.6 Å². The molecule has 1 aliphatic heterocycles. The third kappa shape index (κ3) is 5.10. The molecule has 1 aliphatic rings. The molecule has 0 bridgehead atoms. The molecule has 0 aromatic heterocycles. The first-order chi connectivity index (χ1) is 16.4. The SMILES string of the molecule is CCOc1cc(/C=C2/SC(=O)N(Cc3cccc4ccccc34)C2=O)c(Br)cc1OCC(=O)O. The number of ether oxygens (including phenoxy) is 2. The van der Waals surface area contributed by atoms with E-state index < -0.39 is 12.6 Å². The summed E-state index contributed by atoms with van der Waals surface area (Å²) in [5.74, 6) is -0.882. The fourth-order valence-corrected chi connectivity index (χ4v) is 4.83. The fraction of sp³-hybridized carbons (Fsp3) is 0.160. The van der Waals surface area contributed by atoms with Gasteiger partial charge in [-0.1, -0.05) is 58.4 Å². The topological polar surface area (TPSA) is 93.1 Å². The van der Waals surface area contributed by atoms with Crippen molar-refractivity contribution < 1.29 is 29.0 Å². The summed E-state index contributed by atoms with van der Waals surface area (Å²) in [5.41, 5.74) is 1.49. The molecule has 0 radical (unpaired) electrons. The Morgan fingerprint density at radius 1 is 1.09 bits per heavy atom. The summed E-state index contributed by atoms with van der Waals surface area (Å²) >= 11 is 4.31. The predicted octanol–water partition coefficient (Wildman–Crippen LogP) is 5.70. The molecule has 0 atom stereocenters. The zero-order chi connectivity index (χ0) is 24.2. The van der Waals surface area contributed by atoms with Gasteiger partial charge in [-0.05, 0) is 58.8 Å². The molecule has 7 nitrogen and oxygen atoms in total. The molecule has 2 amide bonds. The number of thioether (sulfide) groups is 1. The molecule has 9 heteroatoms. The lowest BCUT2D eigenvalue weighted by molar-refractivity contribution is -0.139. The Kier molecular flexibility index (Phi) is 7.23. The average molecular weight is 542 g/mol. The van der Waals surface area contributed by atoms with Gasteiger partial charge in [0, 0.05) is 4.47 Å². The van der Waals surface area contributed by atoms with E-state index in [1.54, 1.807) is 25.1 Å². The summed E-state index contributed by atoms with van der Waals surface area (Å²) in [6.45, 7) is 1.79. The van der Waals surface area contributed by atoms with Crippen LogP contribution in [0.5, 0.6) is 11.5 Å². The number of benzene rings is 3. The molecule has 34 heavy (non-hydrogen) atoms. The van der Waals surface area contributed by atoms with Crippen molar-refractivity contribution in [1.82, 2.24) is 4.90 Å². The molecule has 0 spiro atoms. The Morgan fingerprint density at radius 2 is 1.82 bits per heavy atom. The molecule has 1 saturated heterocycles. The summed E-state index contributed by atoms with van der Waals surface area (Å²) in [6, 6.07) is 16.9. The minimum absolute atomic E-state index is 0.177. The maximum atomic E-state index is 13.1. The van der Waals surface area contributed by atoms with Crippen LogP contribution in [0.3, 0.4) is 0 Å². The predicted molar refractivity (Wildman–Crippen MR) is 134 cm³/mol. The number of fused-ring (bicyclic) bond motifs is 1. The molecule has 3 aromatic rings. The first kappa shape index (κ1) is 23.8. The number of hydrogen-bond acceptors (Lipinski definition) is 6. The minimum atomic E-state index is -1.11. The lowest BCUT2D eigenvalue weighted by atomic mass is 10.0. The van der Waals surface area contributed by atoms with Gasteiger partial charge in [0.2, 0.25) is 0 Å². The van der Waals surface area contributed by atoms with Crippen LogP contribution in [-0.4, -0.2) is 40.3 Å². The van der Waals surface area contributed by atoms with Crippen LogP contribution in [0.4, 0.5) is 4.79 Å².